The molecule has 25 heavy (non-hydrogen) atoms. The van der Waals surface area contributed by atoms with Crippen molar-refractivity contribution in [1.29, 1.82) is 0 Å². The molecule has 1 aromatic rings. The topological polar surface area (TPSA) is 111 Å². The molecule has 0 aromatic carbocycles. The lowest BCUT2D eigenvalue weighted by atomic mass is 9.86. The number of amides is 2. The summed E-state index contributed by atoms with van der Waals surface area (Å²) in [5, 5.41) is 13.1. The largest absolute Gasteiger partial charge is 0.381 e. The van der Waals surface area contributed by atoms with E-state index in [4.69, 9.17) is 15.2 Å². The maximum Gasteiger partial charge on any atom is 0.259 e. The highest BCUT2D eigenvalue weighted by molar-refractivity contribution is 7.17. The molecule has 7 nitrogen and oxygen atoms in total. The fourth-order valence-electron chi connectivity index (χ4n) is 3.25. The predicted octanol–water partition coefficient (Wildman–Crippen LogP) is 1.77. The summed E-state index contributed by atoms with van der Waals surface area (Å²) < 4.78 is 11.0. The average molecular weight is 370 g/mol. The Morgan fingerprint density at radius 1 is 1.40 bits per heavy atom. The fourth-order valence-corrected chi connectivity index (χ4v) is 4.51. The van der Waals surface area contributed by atoms with E-state index in [1.54, 1.807) is 0 Å². The summed E-state index contributed by atoms with van der Waals surface area (Å²) in [6.07, 6.45) is 0.505. The van der Waals surface area contributed by atoms with Crippen molar-refractivity contribution < 1.29 is 24.2 Å². The van der Waals surface area contributed by atoms with Crippen molar-refractivity contribution >= 4 is 28.2 Å². The predicted molar refractivity (Wildman–Crippen MR) is 95.9 cm³/mol. The summed E-state index contributed by atoms with van der Waals surface area (Å²) >= 11 is 1.25. The van der Waals surface area contributed by atoms with Crippen LogP contribution in [0.4, 0.5) is 5.00 Å². The highest BCUT2D eigenvalue weighted by atomic mass is 32.1. The number of hydrogen-bond donors (Lipinski definition) is 3. The lowest BCUT2D eigenvalue weighted by molar-refractivity contribution is -0.137. The Morgan fingerprint density at radius 2 is 2.00 bits per heavy atom. The normalized spacial score (nSPS) is 20.4. The zero-order valence-corrected chi connectivity index (χ0v) is 16.3. The number of methoxy groups -OCH3 is 1. The second kappa shape index (κ2) is 6.35. The monoisotopic (exact) mass is 370 g/mol. The molecule has 0 bridgehead atoms. The number of ether oxygens (including phenoxy) is 2. The third-order valence-corrected chi connectivity index (χ3v) is 5.53. The molecular weight excluding hydrogens is 344 g/mol. The van der Waals surface area contributed by atoms with Gasteiger partial charge in [-0.05, 0) is 40.2 Å². The molecule has 2 heterocycles. The first-order valence-corrected chi connectivity index (χ1v) is 8.81. The smallest absolute Gasteiger partial charge is 0.259 e. The van der Waals surface area contributed by atoms with E-state index < -0.39 is 28.6 Å². The van der Waals surface area contributed by atoms with Crippen molar-refractivity contribution in [2.75, 3.05) is 19.0 Å². The number of anilines is 1. The molecule has 1 atom stereocenters. The summed E-state index contributed by atoms with van der Waals surface area (Å²) in [7, 11) is 1.39. The van der Waals surface area contributed by atoms with Gasteiger partial charge in [-0.2, -0.15) is 0 Å². The number of fused-ring (bicyclic) bond motifs is 1. The minimum absolute atomic E-state index is 0.169. The number of primary amides is 1. The molecule has 0 radical (unpaired) electrons. The van der Waals surface area contributed by atoms with Crippen LogP contribution in [0.3, 0.4) is 0 Å². The van der Waals surface area contributed by atoms with Gasteiger partial charge in [0.15, 0.2) is 5.60 Å². The van der Waals surface area contributed by atoms with Crippen LogP contribution in [-0.2, 0) is 26.3 Å². The Kier molecular flexibility index (Phi) is 5.04. The average Bonchev–Trinajstić information content (AvgIpc) is 2.75. The number of nitrogens with one attached hydrogen (secondary N) is 1. The van der Waals surface area contributed by atoms with E-state index in [1.807, 2.05) is 27.7 Å². The molecule has 0 spiro atoms. The lowest BCUT2D eigenvalue weighted by Gasteiger charge is -2.41. The molecule has 0 unspecified atom stereocenters. The SMILES string of the molecule is COC[C@](C)(O)C(=O)Nc1sc2c(c1C(N)=O)CC(C)(C)OC2(C)C. The van der Waals surface area contributed by atoms with E-state index in [0.717, 1.165) is 10.4 Å². The van der Waals surface area contributed by atoms with Crippen molar-refractivity contribution in [3.05, 3.63) is 16.0 Å². The number of carbonyl (C=O) groups excluding carboxylic acids is 2. The number of rotatable bonds is 5. The molecule has 1 aliphatic heterocycles. The van der Waals surface area contributed by atoms with Gasteiger partial charge in [-0.1, -0.05) is 0 Å². The third-order valence-electron chi connectivity index (χ3n) is 4.08. The summed E-state index contributed by atoms with van der Waals surface area (Å²) in [4.78, 5) is 25.3. The fraction of sp³-hybridized carbons (Fsp3) is 0.647. The van der Waals surface area contributed by atoms with Crippen LogP contribution in [0.1, 0.15) is 55.4 Å². The van der Waals surface area contributed by atoms with Crippen molar-refractivity contribution in [2.24, 2.45) is 5.73 Å². The number of aliphatic hydroxyl groups is 1. The maximum atomic E-state index is 12.4. The second-order valence-corrected chi connectivity index (χ2v) is 8.71. The van der Waals surface area contributed by atoms with Crippen LogP contribution >= 0.6 is 11.3 Å². The third kappa shape index (κ3) is 3.87. The molecule has 0 saturated heterocycles. The molecule has 140 valence electrons. The molecule has 1 aromatic heterocycles. The Morgan fingerprint density at radius 3 is 2.52 bits per heavy atom. The molecule has 0 aliphatic carbocycles. The first kappa shape index (κ1) is 19.8. The van der Waals surface area contributed by atoms with E-state index in [1.165, 1.54) is 25.4 Å². The second-order valence-electron chi connectivity index (χ2n) is 7.69. The van der Waals surface area contributed by atoms with Crippen LogP contribution in [0.25, 0.3) is 0 Å². The van der Waals surface area contributed by atoms with E-state index in [2.05, 4.69) is 5.32 Å². The minimum Gasteiger partial charge on any atom is -0.381 e. The number of carbonyl (C=O) groups is 2. The minimum atomic E-state index is -1.72. The van der Waals surface area contributed by atoms with Gasteiger partial charge in [0.1, 0.15) is 5.00 Å². The molecule has 0 saturated carbocycles. The molecule has 2 amide bonds. The highest BCUT2D eigenvalue weighted by Gasteiger charge is 2.43. The van der Waals surface area contributed by atoms with Gasteiger partial charge in [0.05, 0.1) is 23.4 Å². The van der Waals surface area contributed by atoms with Crippen molar-refractivity contribution in [1.82, 2.24) is 0 Å². The summed E-state index contributed by atoms with van der Waals surface area (Å²) in [5.74, 6) is -1.28. The van der Waals surface area contributed by atoms with Crippen LogP contribution < -0.4 is 11.1 Å². The standard InChI is InChI=1S/C17H26N2O5S/c1-15(2)7-9-10(12(18)20)13(25-11(9)16(3,4)24-15)19-14(21)17(5,22)8-23-6/h22H,7-8H2,1-6H3,(H2,18,20)(H,19,21)/t17-/m0/s1. The molecule has 4 N–H and O–H groups in total. The lowest BCUT2D eigenvalue weighted by Crippen LogP contribution is -2.44. The Labute approximate surface area is 151 Å². The van der Waals surface area contributed by atoms with Gasteiger partial charge >= 0.3 is 0 Å². The van der Waals surface area contributed by atoms with E-state index in [-0.39, 0.29) is 12.2 Å². The maximum absolute atomic E-state index is 12.4. The summed E-state index contributed by atoms with van der Waals surface area (Å²) in [6, 6.07) is 0. The molecule has 2 rings (SSSR count). The van der Waals surface area contributed by atoms with Crippen LogP contribution in [0.2, 0.25) is 0 Å². The Balaban J connectivity index is 2.50. The van der Waals surface area contributed by atoms with Crippen LogP contribution in [0.5, 0.6) is 0 Å². The van der Waals surface area contributed by atoms with E-state index in [9.17, 15) is 14.7 Å². The van der Waals surface area contributed by atoms with Gasteiger partial charge in [0, 0.05) is 18.4 Å². The summed E-state index contributed by atoms with van der Waals surface area (Å²) in [6.45, 7) is 8.90. The molecule has 1 aliphatic rings. The van der Waals surface area contributed by atoms with Crippen LogP contribution in [0.15, 0.2) is 0 Å². The Bertz CT molecular complexity index is 706. The van der Waals surface area contributed by atoms with Crippen LogP contribution in [0, 0.1) is 0 Å². The molecule has 8 heteroatoms. The van der Waals surface area contributed by atoms with E-state index >= 15 is 0 Å². The quantitative estimate of drug-likeness (QED) is 0.731. The molecule has 0 fully saturated rings. The van der Waals surface area contributed by atoms with Gasteiger partial charge in [-0.15, -0.1) is 11.3 Å². The van der Waals surface area contributed by atoms with Gasteiger partial charge < -0.3 is 25.6 Å². The van der Waals surface area contributed by atoms with Gasteiger partial charge in [-0.25, -0.2) is 0 Å². The number of nitrogens with two attached hydrogens (primary N) is 1. The molecular formula is C17H26N2O5S. The summed E-state index contributed by atoms with van der Waals surface area (Å²) in [5.41, 5.74) is 3.86. The number of hydrogen-bond acceptors (Lipinski definition) is 6. The van der Waals surface area contributed by atoms with Gasteiger partial charge in [0.25, 0.3) is 11.8 Å². The van der Waals surface area contributed by atoms with Crippen molar-refractivity contribution in [2.45, 2.75) is 57.8 Å². The Hall–Kier alpha value is -1.48. The first-order chi connectivity index (χ1) is 11.3. The zero-order valence-electron chi connectivity index (χ0n) is 15.5. The van der Waals surface area contributed by atoms with Crippen LogP contribution in [-0.4, -0.2) is 41.8 Å². The van der Waals surface area contributed by atoms with Gasteiger partial charge in [-0.3, -0.25) is 9.59 Å². The van der Waals surface area contributed by atoms with Crippen molar-refractivity contribution in [3.8, 4) is 0 Å². The van der Waals surface area contributed by atoms with E-state index in [0.29, 0.717) is 11.4 Å². The first-order valence-electron chi connectivity index (χ1n) is 7.99. The van der Waals surface area contributed by atoms with Gasteiger partial charge in [0.2, 0.25) is 0 Å². The zero-order chi connectivity index (χ0) is 19.2. The highest BCUT2D eigenvalue weighted by Crippen LogP contribution is 2.48. The number of thiophene rings is 1. The van der Waals surface area contributed by atoms with Crippen molar-refractivity contribution in [3.63, 3.8) is 0 Å².